The molecule has 53 heavy (non-hydrogen) atoms. The summed E-state index contributed by atoms with van der Waals surface area (Å²) < 4.78 is 3.01. The Morgan fingerprint density at radius 1 is 0.925 bits per heavy atom. The van der Waals surface area contributed by atoms with Crippen LogP contribution in [-0.2, 0) is 36.7 Å². The van der Waals surface area contributed by atoms with Crippen molar-refractivity contribution in [3.05, 3.63) is 89.3 Å². The minimum Gasteiger partial charge on any atom is 0 e. The predicted octanol–water partition coefficient (Wildman–Crippen LogP) is 13.2. The van der Waals surface area contributed by atoms with E-state index in [1.807, 2.05) is 33.9 Å². The summed E-state index contributed by atoms with van der Waals surface area (Å²) in [6.45, 7) is 22.5. The molecule has 0 aliphatic carbocycles. The molecule has 2 aromatic heterocycles. The normalized spacial score (nSPS) is 15.2. The number of ketones is 1. The van der Waals surface area contributed by atoms with Crippen LogP contribution in [0, 0.1) is 30.7 Å². The van der Waals surface area contributed by atoms with Crippen molar-refractivity contribution in [3.63, 3.8) is 0 Å². The molecule has 0 amide bonds. The number of hydrogen-bond acceptors (Lipinski definition) is 3. The molecule has 0 bridgehead atoms. The van der Waals surface area contributed by atoms with Crippen LogP contribution in [0.1, 0.15) is 104 Å². The largest absolute Gasteiger partial charge is 0 e. The van der Waals surface area contributed by atoms with Gasteiger partial charge in [-0.05, 0) is 25.7 Å². The molecule has 0 unspecified atom stereocenters. The second kappa shape index (κ2) is 18.5. The van der Waals surface area contributed by atoms with Crippen LogP contribution in [0.3, 0.4) is 0 Å². The average molecular weight is 972 g/mol. The van der Waals surface area contributed by atoms with Crippen molar-refractivity contribution in [2.75, 3.05) is 0 Å². The molecule has 287 valence electrons. The Labute approximate surface area is 340 Å². The zero-order chi connectivity index (χ0) is 37.8. The molecule has 5 aromatic rings. The number of fused-ring (bicyclic) bond motifs is 4. The maximum absolute atomic E-state index is 11.7. The summed E-state index contributed by atoms with van der Waals surface area (Å²) in [4.78, 5) is 16.7. The van der Waals surface area contributed by atoms with Gasteiger partial charge in [0.15, 0.2) is 5.78 Å². The number of allylic oxidation sites excluding steroid dienone is 2. The number of carbonyl (C=O) groups excluding carboxylic acids is 1. The van der Waals surface area contributed by atoms with E-state index in [9.17, 15) is 9.90 Å². The van der Waals surface area contributed by atoms with E-state index in [0.717, 1.165) is 42.9 Å². The fourth-order valence-electron chi connectivity index (χ4n) is 8.09. The predicted molar refractivity (Wildman–Crippen MR) is 229 cm³/mol. The molecule has 1 fully saturated rings. The molecule has 6 heteroatoms. The first kappa shape index (κ1) is 43.4. The first-order valence-electron chi connectivity index (χ1n) is 19.9. The number of hydrogen-bond donors (Lipinski definition) is 1. The zero-order valence-corrected chi connectivity index (χ0v) is 39.0. The number of carbonyl (C=O) groups is 1. The number of benzene rings is 3. The third-order valence-corrected chi connectivity index (χ3v) is 17.9. The SMILES string of the molecule is CCC(CC)C(=O)/C=C(\O)C(CC)CC.Cc1c(CC2CC[Si](C)(C)CC2)ccc2c1[se]c1c(-c3[c-]c4ccccc4c(C(C)(C)C)c3)nccc12.[Ir]. The van der Waals surface area contributed by atoms with Crippen molar-refractivity contribution in [3.8, 4) is 11.3 Å². The van der Waals surface area contributed by atoms with E-state index < -0.39 is 8.07 Å². The standard InChI is InChI=1S/C34H38NSeSi.C13H24O2.Ir/c1-22-24(19-23-14-17-37(5,6)18-15-23)11-12-28-29-13-16-35-31(33(29)36-32(22)28)26-20-25-9-7-8-10-27(25)30(21-26)34(2,3)4;1-5-10(6-2)12(14)9-13(15)11(7-3)8-4;/h7-13,16,21,23H,14-15,17-19H2,1-6H3;9-11,14H,5-8H2,1-4H3;/q-1;;/b;12-9-;. The van der Waals surface area contributed by atoms with Crippen molar-refractivity contribution in [2.45, 2.75) is 131 Å². The molecule has 3 nitrogen and oxygen atoms in total. The topological polar surface area (TPSA) is 50.2 Å². The Kier molecular flexibility index (Phi) is 15.2. The van der Waals surface area contributed by atoms with Gasteiger partial charge < -0.3 is 5.11 Å². The second-order valence-electron chi connectivity index (χ2n) is 17.1. The minimum atomic E-state index is -0.902. The van der Waals surface area contributed by atoms with Gasteiger partial charge in [-0.25, -0.2) is 0 Å². The van der Waals surface area contributed by atoms with E-state index in [0.29, 0.717) is 0 Å². The number of pyridine rings is 1. The van der Waals surface area contributed by atoms with Crippen molar-refractivity contribution in [1.29, 1.82) is 0 Å². The minimum absolute atomic E-state index is 0. The zero-order valence-electron chi connectivity index (χ0n) is 33.9. The molecule has 0 atom stereocenters. The number of aliphatic hydroxyl groups excluding tert-OH is 1. The summed E-state index contributed by atoms with van der Waals surface area (Å²) in [6, 6.07) is 24.9. The quantitative estimate of drug-likeness (QED) is 0.0657. The van der Waals surface area contributed by atoms with E-state index >= 15 is 0 Å². The molecule has 1 aliphatic heterocycles. The van der Waals surface area contributed by atoms with Crippen LogP contribution in [0.25, 0.3) is 41.3 Å². The third-order valence-electron chi connectivity index (χ3n) is 11.8. The summed E-state index contributed by atoms with van der Waals surface area (Å²) in [5.41, 5.74) is 6.82. The second-order valence-corrected chi connectivity index (χ2v) is 24.5. The summed E-state index contributed by atoms with van der Waals surface area (Å²) in [7, 11) is -0.902. The van der Waals surface area contributed by atoms with Crippen LogP contribution in [0.2, 0.25) is 25.2 Å². The van der Waals surface area contributed by atoms with Crippen LogP contribution in [0.15, 0.2) is 66.6 Å². The molecule has 1 saturated heterocycles. The smallest absolute Gasteiger partial charge is 0 e. The molecule has 1 radical (unpaired) electrons. The van der Waals surface area contributed by atoms with E-state index in [-0.39, 0.29) is 63.4 Å². The molecule has 3 heterocycles. The van der Waals surface area contributed by atoms with Gasteiger partial charge in [-0.2, -0.15) is 0 Å². The number of nitrogens with zero attached hydrogens (tertiary/aromatic N) is 1. The third kappa shape index (κ3) is 10.1. The Morgan fingerprint density at radius 3 is 2.17 bits per heavy atom. The summed E-state index contributed by atoms with van der Waals surface area (Å²) in [6.07, 6.45) is 11.0. The van der Waals surface area contributed by atoms with Gasteiger partial charge in [0.1, 0.15) is 0 Å². The fraction of sp³-hybridized carbons (Fsp3) is 0.489. The molecular formula is C47H62IrNO2SeSi-. The Morgan fingerprint density at radius 2 is 1.55 bits per heavy atom. The number of rotatable bonds is 10. The first-order chi connectivity index (χ1) is 24.7. The molecule has 0 spiro atoms. The number of aromatic nitrogens is 1. The molecule has 1 N–H and O–H groups in total. The first-order valence-corrected chi connectivity index (χ1v) is 25.0. The number of aryl methyl sites for hydroxylation is 1. The van der Waals surface area contributed by atoms with Crippen molar-refractivity contribution in [2.24, 2.45) is 17.8 Å². The van der Waals surface area contributed by atoms with E-state index in [1.54, 1.807) is 15.4 Å². The van der Waals surface area contributed by atoms with Gasteiger partial charge in [-0.1, -0.05) is 27.7 Å². The van der Waals surface area contributed by atoms with Gasteiger partial charge in [0.05, 0.1) is 5.76 Å². The monoisotopic (exact) mass is 973 g/mol. The molecule has 0 saturated carbocycles. The van der Waals surface area contributed by atoms with Crippen LogP contribution < -0.4 is 0 Å². The van der Waals surface area contributed by atoms with Crippen LogP contribution >= 0.6 is 0 Å². The van der Waals surface area contributed by atoms with Crippen molar-refractivity contribution >= 4 is 58.4 Å². The Hall–Kier alpha value is -2.33. The van der Waals surface area contributed by atoms with Gasteiger partial charge in [0.2, 0.25) is 0 Å². The summed E-state index contributed by atoms with van der Waals surface area (Å²) in [5.74, 6) is 1.42. The van der Waals surface area contributed by atoms with Gasteiger partial charge in [0, 0.05) is 38.0 Å². The summed E-state index contributed by atoms with van der Waals surface area (Å²) in [5, 5.41) is 15.1. The van der Waals surface area contributed by atoms with E-state index in [1.165, 1.54) is 68.8 Å². The van der Waals surface area contributed by atoms with Crippen molar-refractivity contribution in [1.82, 2.24) is 4.98 Å². The van der Waals surface area contributed by atoms with Gasteiger partial charge in [-0.15, -0.1) is 0 Å². The summed E-state index contributed by atoms with van der Waals surface area (Å²) >= 11 is 0.261. The Balaban J connectivity index is 0.000000335. The number of aliphatic hydroxyl groups is 1. The molecule has 6 rings (SSSR count). The van der Waals surface area contributed by atoms with Gasteiger partial charge in [-0.3, -0.25) is 4.79 Å². The van der Waals surface area contributed by atoms with E-state index in [2.05, 4.69) is 95.4 Å². The molecule has 3 aromatic carbocycles. The van der Waals surface area contributed by atoms with Crippen LogP contribution in [0.4, 0.5) is 0 Å². The fourth-order valence-corrected chi connectivity index (χ4v) is 13.5. The molecule has 1 aliphatic rings. The Bertz CT molecular complexity index is 2040. The maximum Gasteiger partial charge on any atom is 0 e. The van der Waals surface area contributed by atoms with Crippen molar-refractivity contribution < 1.29 is 30.0 Å². The van der Waals surface area contributed by atoms with E-state index in [4.69, 9.17) is 4.98 Å². The van der Waals surface area contributed by atoms with Crippen LogP contribution in [0.5, 0.6) is 0 Å². The molecular weight excluding hydrogens is 910 g/mol. The maximum atomic E-state index is 11.7. The average Bonchev–Trinajstić information content (AvgIpc) is 3.50. The van der Waals surface area contributed by atoms with Gasteiger partial charge in [0.25, 0.3) is 0 Å². The van der Waals surface area contributed by atoms with Gasteiger partial charge >= 0.3 is 230 Å². The van der Waals surface area contributed by atoms with Crippen LogP contribution in [-0.4, -0.2) is 38.5 Å².